The Labute approximate surface area is 153 Å². The molecule has 0 atom stereocenters. The van der Waals surface area contributed by atoms with Gasteiger partial charge in [-0.15, -0.1) is 0 Å². The van der Waals surface area contributed by atoms with Gasteiger partial charge in [0.15, 0.2) is 0 Å². The lowest BCUT2D eigenvalue weighted by Gasteiger charge is -2.17. The first-order valence-electron chi connectivity index (χ1n) is 8.31. The summed E-state index contributed by atoms with van der Waals surface area (Å²) >= 11 is 0. The molecule has 0 aliphatic heterocycles. The third-order valence-corrected chi connectivity index (χ3v) is 3.97. The molecule has 0 saturated carbocycles. The van der Waals surface area contributed by atoms with Gasteiger partial charge in [0, 0.05) is 25.5 Å². The van der Waals surface area contributed by atoms with E-state index in [9.17, 15) is 4.79 Å². The number of amides is 1. The summed E-state index contributed by atoms with van der Waals surface area (Å²) in [6, 6.07) is 19.3. The number of carbonyl (C=O) groups is 1. The average molecular weight is 347 g/mol. The van der Waals surface area contributed by atoms with Gasteiger partial charge < -0.3 is 15.0 Å². The van der Waals surface area contributed by atoms with Crippen LogP contribution in [0.25, 0.3) is 0 Å². The van der Waals surface area contributed by atoms with Crippen LogP contribution in [0.5, 0.6) is 5.75 Å². The highest BCUT2D eigenvalue weighted by Crippen LogP contribution is 2.20. The van der Waals surface area contributed by atoms with Crippen molar-refractivity contribution in [1.82, 2.24) is 9.88 Å². The molecule has 0 bridgehead atoms. The van der Waals surface area contributed by atoms with E-state index in [2.05, 4.69) is 10.3 Å². The normalized spacial score (nSPS) is 10.2. The maximum Gasteiger partial charge on any atom is 0.255 e. The Balaban J connectivity index is 1.70. The van der Waals surface area contributed by atoms with E-state index in [4.69, 9.17) is 4.74 Å². The fraction of sp³-hybridized carbons (Fsp3) is 0.143. The van der Waals surface area contributed by atoms with E-state index in [0.29, 0.717) is 12.1 Å². The second kappa shape index (κ2) is 8.16. The number of ether oxygens (including phenoxy) is 1. The summed E-state index contributed by atoms with van der Waals surface area (Å²) in [6.45, 7) is 0.551. The Kier molecular flexibility index (Phi) is 5.49. The monoisotopic (exact) mass is 347 g/mol. The summed E-state index contributed by atoms with van der Waals surface area (Å²) in [5.74, 6) is 0.722. The van der Waals surface area contributed by atoms with Gasteiger partial charge in [0.1, 0.15) is 5.75 Å². The van der Waals surface area contributed by atoms with Gasteiger partial charge in [0.25, 0.3) is 5.91 Å². The Hall–Kier alpha value is -3.34. The Morgan fingerprint density at radius 2 is 1.77 bits per heavy atom. The molecular weight excluding hydrogens is 326 g/mol. The van der Waals surface area contributed by atoms with Gasteiger partial charge in [-0.2, -0.15) is 0 Å². The van der Waals surface area contributed by atoms with Gasteiger partial charge >= 0.3 is 0 Å². The van der Waals surface area contributed by atoms with Crippen LogP contribution in [-0.4, -0.2) is 29.9 Å². The largest absolute Gasteiger partial charge is 0.497 e. The second-order valence-corrected chi connectivity index (χ2v) is 5.96. The smallest absolute Gasteiger partial charge is 0.255 e. The molecule has 1 N–H and O–H groups in total. The van der Waals surface area contributed by atoms with E-state index in [1.807, 2.05) is 54.6 Å². The van der Waals surface area contributed by atoms with Gasteiger partial charge in [-0.25, -0.2) is 0 Å². The van der Waals surface area contributed by atoms with Gasteiger partial charge in [0.05, 0.1) is 24.6 Å². The number of pyridine rings is 1. The van der Waals surface area contributed by atoms with Gasteiger partial charge in [0.2, 0.25) is 0 Å². The Bertz CT molecular complexity index is 864. The zero-order chi connectivity index (χ0) is 18.4. The molecule has 0 saturated heterocycles. The summed E-state index contributed by atoms with van der Waals surface area (Å²) in [6.07, 6.45) is 3.28. The lowest BCUT2D eigenvalue weighted by atomic mass is 10.2. The first-order chi connectivity index (χ1) is 12.7. The number of hydrogen-bond acceptors (Lipinski definition) is 4. The standard InChI is InChI=1S/C21H21N3O2/c1-24(15-16-6-4-3-5-7-16)21(25)17-12-19(14-22-13-17)23-18-8-10-20(26-2)11-9-18/h3-14,23H,15H2,1-2H3. The summed E-state index contributed by atoms with van der Waals surface area (Å²) in [5, 5.41) is 3.25. The molecule has 5 nitrogen and oxygen atoms in total. The summed E-state index contributed by atoms with van der Waals surface area (Å²) in [5.41, 5.74) is 3.29. The topological polar surface area (TPSA) is 54.5 Å². The quantitative estimate of drug-likeness (QED) is 0.729. The lowest BCUT2D eigenvalue weighted by Crippen LogP contribution is -2.26. The average Bonchev–Trinajstić information content (AvgIpc) is 2.69. The minimum Gasteiger partial charge on any atom is -0.497 e. The van der Waals surface area contributed by atoms with Crippen LogP contribution in [0.3, 0.4) is 0 Å². The molecular formula is C21H21N3O2. The van der Waals surface area contributed by atoms with Gasteiger partial charge in [-0.05, 0) is 35.9 Å². The van der Waals surface area contributed by atoms with Gasteiger partial charge in [-0.3, -0.25) is 9.78 Å². The molecule has 132 valence electrons. The number of anilines is 2. The van der Waals surface area contributed by atoms with Crippen molar-refractivity contribution in [3.63, 3.8) is 0 Å². The minimum absolute atomic E-state index is 0.0697. The molecule has 5 heteroatoms. The number of nitrogens with zero attached hydrogens (tertiary/aromatic N) is 2. The molecule has 0 aliphatic carbocycles. The number of benzene rings is 2. The lowest BCUT2D eigenvalue weighted by molar-refractivity contribution is 0.0784. The van der Waals surface area contributed by atoms with E-state index in [1.54, 1.807) is 37.5 Å². The van der Waals surface area contributed by atoms with Crippen molar-refractivity contribution < 1.29 is 9.53 Å². The number of carbonyl (C=O) groups excluding carboxylic acids is 1. The number of hydrogen-bond donors (Lipinski definition) is 1. The summed E-state index contributed by atoms with van der Waals surface area (Å²) in [7, 11) is 3.42. The zero-order valence-electron chi connectivity index (χ0n) is 14.8. The molecule has 1 aromatic heterocycles. The molecule has 2 aromatic carbocycles. The highest BCUT2D eigenvalue weighted by Gasteiger charge is 2.13. The molecule has 0 radical (unpaired) electrons. The maximum atomic E-state index is 12.7. The molecule has 1 amide bonds. The number of rotatable bonds is 6. The van der Waals surface area contributed by atoms with E-state index in [1.165, 1.54) is 0 Å². The molecule has 3 aromatic rings. The van der Waals surface area contributed by atoms with Crippen molar-refractivity contribution >= 4 is 17.3 Å². The van der Waals surface area contributed by atoms with Crippen LogP contribution in [0.4, 0.5) is 11.4 Å². The first-order valence-corrected chi connectivity index (χ1v) is 8.31. The van der Waals surface area contributed by atoms with E-state index >= 15 is 0 Å². The summed E-state index contributed by atoms with van der Waals surface area (Å²) in [4.78, 5) is 18.6. The van der Waals surface area contributed by atoms with Crippen LogP contribution in [0.1, 0.15) is 15.9 Å². The highest BCUT2D eigenvalue weighted by atomic mass is 16.5. The third kappa shape index (κ3) is 4.39. The van der Waals surface area contributed by atoms with Gasteiger partial charge in [-0.1, -0.05) is 30.3 Å². The predicted octanol–water partition coefficient (Wildman–Crippen LogP) is 4.11. The molecule has 0 unspecified atom stereocenters. The van der Waals surface area contributed by atoms with Crippen LogP contribution in [0.2, 0.25) is 0 Å². The molecule has 26 heavy (non-hydrogen) atoms. The highest BCUT2D eigenvalue weighted by molar-refractivity contribution is 5.94. The molecule has 0 fully saturated rings. The van der Waals surface area contributed by atoms with E-state index in [0.717, 1.165) is 22.7 Å². The van der Waals surface area contributed by atoms with Crippen LogP contribution >= 0.6 is 0 Å². The molecule has 0 aliphatic rings. The number of nitrogens with one attached hydrogen (secondary N) is 1. The fourth-order valence-corrected chi connectivity index (χ4v) is 2.62. The van der Waals surface area contributed by atoms with Crippen molar-refractivity contribution in [2.24, 2.45) is 0 Å². The van der Waals surface area contributed by atoms with Crippen LogP contribution in [0, 0.1) is 0 Å². The van der Waals surface area contributed by atoms with Crippen molar-refractivity contribution in [2.45, 2.75) is 6.54 Å². The molecule has 3 rings (SSSR count). The maximum absolute atomic E-state index is 12.7. The fourth-order valence-electron chi connectivity index (χ4n) is 2.62. The minimum atomic E-state index is -0.0697. The summed E-state index contributed by atoms with van der Waals surface area (Å²) < 4.78 is 5.15. The molecule has 0 spiro atoms. The number of methoxy groups -OCH3 is 1. The van der Waals surface area contributed by atoms with Crippen molar-refractivity contribution in [3.05, 3.63) is 84.2 Å². The molecule has 1 heterocycles. The SMILES string of the molecule is COc1ccc(Nc2cncc(C(=O)N(C)Cc3ccccc3)c2)cc1. The van der Waals surface area contributed by atoms with Crippen LogP contribution in [-0.2, 0) is 6.54 Å². The zero-order valence-corrected chi connectivity index (χ0v) is 14.8. The first kappa shape index (κ1) is 17.5. The second-order valence-electron chi connectivity index (χ2n) is 5.96. The Morgan fingerprint density at radius 1 is 1.04 bits per heavy atom. The van der Waals surface area contributed by atoms with Crippen LogP contribution < -0.4 is 10.1 Å². The van der Waals surface area contributed by atoms with Crippen molar-refractivity contribution in [2.75, 3.05) is 19.5 Å². The van der Waals surface area contributed by atoms with E-state index < -0.39 is 0 Å². The van der Waals surface area contributed by atoms with Crippen molar-refractivity contribution in [3.8, 4) is 5.75 Å². The van der Waals surface area contributed by atoms with Crippen molar-refractivity contribution in [1.29, 1.82) is 0 Å². The Morgan fingerprint density at radius 3 is 2.46 bits per heavy atom. The van der Waals surface area contributed by atoms with E-state index in [-0.39, 0.29) is 5.91 Å². The predicted molar refractivity (Wildman–Crippen MR) is 103 cm³/mol. The van der Waals surface area contributed by atoms with Crippen LogP contribution in [0.15, 0.2) is 73.1 Å². The third-order valence-electron chi connectivity index (χ3n) is 3.97. The number of aromatic nitrogens is 1.